The third-order valence-electron chi connectivity index (χ3n) is 0.201. The van der Waals surface area contributed by atoms with Gasteiger partial charge in [0.05, 0.1) is 0 Å². The molecule has 3 heteroatoms. The zero-order valence-corrected chi connectivity index (χ0v) is 5.44. The first kappa shape index (κ1) is 5.99. The van der Waals surface area contributed by atoms with E-state index in [-0.39, 0.29) is 21.3 Å². The van der Waals surface area contributed by atoms with Crippen molar-refractivity contribution in [3.05, 3.63) is 0 Å². The summed E-state index contributed by atoms with van der Waals surface area (Å²) in [6.07, 6.45) is 0. The van der Waals surface area contributed by atoms with E-state index in [4.69, 9.17) is 0 Å². The van der Waals surface area contributed by atoms with Crippen molar-refractivity contribution in [1.29, 1.82) is 0 Å². The Balaban J connectivity index is 2.83. The maximum atomic E-state index is 9.84. The first-order valence-corrected chi connectivity index (χ1v) is 3.90. The molecule has 0 aliphatic heterocycles. The molecular weight excluding hydrogens is 147 g/mol. The van der Waals surface area contributed by atoms with Crippen molar-refractivity contribution >= 4 is 21.3 Å². The second-order valence-corrected chi connectivity index (χ2v) is 1.79. The van der Waals surface area contributed by atoms with Gasteiger partial charge in [0.1, 0.15) is 0 Å². The van der Waals surface area contributed by atoms with Crippen LogP contribution in [0.25, 0.3) is 0 Å². The molecule has 0 heterocycles. The van der Waals surface area contributed by atoms with Crippen LogP contribution in [0.1, 0.15) is 6.92 Å². The minimum atomic E-state index is -0.183. The van der Waals surface area contributed by atoms with Gasteiger partial charge in [-0.05, 0) is 0 Å². The SMILES string of the molecule is C[Se]OC(C)=O. The van der Waals surface area contributed by atoms with Crippen molar-refractivity contribution in [2.24, 2.45) is 0 Å². The summed E-state index contributed by atoms with van der Waals surface area (Å²) in [4.78, 5) is 9.84. The van der Waals surface area contributed by atoms with Crippen molar-refractivity contribution in [3.8, 4) is 0 Å². The van der Waals surface area contributed by atoms with Crippen LogP contribution in [-0.2, 0) is 8.61 Å². The van der Waals surface area contributed by atoms with E-state index in [1.54, 1.807) is 0 Å². The van der Waals surface area contributed by atoms with Crippen LogP contribution < -0.4 is 0 Å². The predicted octanol–water partition coefficient (Wildman–Crippen LogP) is 0.217. The minimum absolute atomic E-state index is 0.0475. The van der Waals surface area contributed by atoms with Gasteiger partial charge in [0.25, 0.3) is 0 Å². The molecule has 0 fully saturated rings. The monoisotopic (exact) mass is 154 g/mol. The van der Waals surface area contributed by atoms with Crippen LogP contribution in [0.3, 0.4) is 0 Å². The van der Waals surface area contributed by atoms with Gasteiger partial charge in [-0.1, -0.05) is 0 Å². The summed E-state index contributed by atoms with van der Waals surface area (Å²) in [5, 5.41) is 0. The molecule has 0 saturated carbocycles. The molecule has 0 unspecified atom stereocenters. The molecule has 0 bridgehead atoms. The van der Waals surface area contributed by atoms with Gasteiger partial charge in [0.2, 0.25) is 0 Å². The molecule has 0 saturated heterocycles. The fourth-order valence-electron chi connectivity index (χ4n) is 0.117. The topological polar surface area (TPSA) is 26.3 Å². The fourth-order valence-corrected chi connectivity index (χ4v) is 0.610. The van der Waals surface area contributed by atoms with Crippen LogP contribution in [0.2, 0.25) is 5.82 Å². The molecule has 6 heavy (non-hydrogen) atoms. The summed E-state index contributed by atoms with van der Waals surface area (Å²) in [6.45, 7) is 1.41. The van der Waals surface area contributed by atoms with E-state index in [1.807, 2.05) is 5.82 Å². The van der Waals surface area contributed by atoms with Gasteiger partial charge >= 0.3 is 42.6 Å². The third kappa shape index (κ3) is 3.99. The molecule has 0 aliphatic rings. The normalized spacial score (nSPS) is 7.67. The zero-order chi connectivity index (χ0) is 4.99. The number of hydrogen-bond donors (Lipinski definition) is 0. The molecule has 0 rings (SSSR count). The van der Waals surface area contributed by atoms with E-state index in [1.165, 1.54) is 6.92 Å². The van der Waals surface area contributed by atoms with E-state index in [0.717, 1.165) is 0 Å². The summed E-state index contributed by atoms with van der Waals surface area (Å²) in [7, 11) is 0. The third-order valence-corrected chi connectivity index (χ3v) is 1.04. The summed E-state index contributed by atoms with van der Waals surface area (Å²) in [6, 6.07) is 0. The van der Waals surface area contributed by atoms with Crippen LogP contribution in [0, 0.1) is 0 Å². The summed E-state index contributed by atoms with van der Waals surface area (Å²) >= 11 is 0.0475. The molecular formula is C3H6O2Se. The number of carbonyl (C=O) groups excluding carboxylic acids is 1. The van der Waals surface area contributed by atoms with Crippen molar-refractivity contribution in [2.75, 3.05) is 0 Å². The Morgan fingerprint density at radius 3 is 2.33 bits per heavy atom. The Morgan fingerprint density at radius 2 is 2.33 bits per heavy atom. The summed E-state index contributed by atoms with van der Waals surface area (Å²) in [5.41, 5.74) is 0. The van der Waals surface area contributed by atoms with Crippen LogP contribution in [0.15, 0.2) is 0 Å². The molecule has 0 amide bonds. The van der Waals surface area contributed by atoms with E-state index in [2.05, 4.69) is 3.82 Å². The molecule has 0 atom stereocenters. The first-order valence-electron chi connectivity index (χ1n) is 1.48. The Labute approximate surface area is 43.4 Å². The van der Waals surface area contributed by atoms with Crippen molar-refractivity contribution < 1.29 is 8.61 Å². The van der Waals surface area contributed by atoms with E-state index in [9.17, 15) is 4.79 Å². The van der Waals surface area contributed by atoms with Crippen molar-refractivity contribution in [1.82, 2.24) is 0 Å². The summed E-state index contributed by atoms with van der Waals surface area (Å²) < 4.78 is 4.47. The van der Waals surface area contributed by atoms with Gasteiger partial charge in [0.15, 0.2) is 0 Å². The van der Waals surface area contributed by atoms with E-state index < -0.39 is 0 Å². The van der Waals surface area contributed by atoms with Gasteiger partial charge < -0.3 is 0 Å². The van der Waals surface area contributed by atoms with E-state index >= 15 is 0 Å². The Morgan fingerprint density at radius 1 is 1.83 bits per heavy atom. The fraction of sp³-hybridized carbons (Fsp3) is 0.667. The van der Waals surface area contributed by atoms with Gasteiger partial charge in [-0.25, -0.2) is 0 Å². The zero-order valence-electron chi connectivity index (χ0n) is 3.72. The molecule has 0 aliphatic carbocycles. The van der Waals surface area contributed by atoms with E-state index in [0.29, 0.717) is 0 Å². The Bertz CT molecular complexity index is 52.8. The van der Waals surface area contributed by atoms with Gasteiger partial charge in [-0.3, -0.25) is 0 Å². The molecule has 0 N–H and O–H groups in total. The molecule has 0 aromatic rings. The van der Waals surface area contributed by atoms with Gasteiger partial charge in [-0.2, -0.15) is 0 Å². The van der Waals surface area contributed by atoms with Crippen LogP contribution >= 0.6 is 0 Å². The molecule has 0 aromatic carbocycles. The predicted molar refractivity (Wildman–Crippen MR) is 23.4 cm³/mol. The van der Waals surface area contributed by atoms with Crippen LogP contribution in [0.5, 0.6) is 0 Å². The average molecular weight is 153 g/mol. The van der Waals surface area contributed by atoms with Gasteiger partial charge in [0, 0.05) is 0 Å². The standard InChI is InChI=1S/C3H6O2Se/c1-3(4)5-6-2/h1-2H3. The van der Waals surface area contributed by atoms with Crippen LogP contribution in [-0.4, -0.2) is 21.3 Å². The van der Waals surface area contributed by atoms with Crippen LogP contribution in [0.4, 0.5) is 0 Å². The van der Waals surface area contributed by atoms with Crippen molar-refractivity contribution in [3.63, 3.8) is 0 Å². The second-order valence-electron chi connectivity index (χ2n) is 0.742. The number of hydrogen-bond acceptors (Lipinski definition) is 2. The van der Waals surface area contributed by atoms with Crippen molar-refractivity contribution in [2.45, 2.75) is 12.7 Å². The number of carbonyl (C=O) groups is 1. The maximum absolute atomic E-state index is 9.84. The second kappa shape index (κ2) is 3.19. The Hall–Kier alpha value is -0.0105. The molecule has 2 nitrogen and oxygen atoms in total. The average Bonchev–Trinajstić information content (AvgIpc) is 1.35. The Kier molecular flexibility index (Phi) is 3.18. The molecule has 0 spiro atoms. The summed E-state index contributed by atoms with van der Waals surface area (Å²) in [5.74, 6) is 1.66. The number of rotatable bonds is 1. The first-order chi connectivity index (χ1) is 2.77. The molecule has 0 aromatic heterocycles. The van der Waals surface area contributed by atoms with Gasteiger partial charge in [-0.15, -0.1) is 0 Å². The molecule has 36 valence electrons. The quantitative estimate of drug-likeness (QED) is 0.503. The molecule has 0 radical (unpaired) electrons.